The minimum absolute atomic E-state index is 0.0176. The Bertz CT molecular complexity index is 563. The number of halogens is 1. The molecule has 0 radical (unpaired) electrons. The zero-order valence-electron chi connectivity index (χ0n) is 11.3. The molecule has 0 heterocycles. The van der Waals surface area contributed by atoms with Gasteiger partial charge in [-0.2, -0.15) is 0 Å². The zero-order valence-corrected chi connectivity index (χ0v) is 12.9. The number of benzene rings is 1. The van der Waals surface area contributed by atoms with Crippen molar-refractivity contribution in [1.82, 2.24) is 5.32 Å². The van der Waals surface area contributed by atoms with Crippen LogP contribution in [0.5, 0.6) is 5.75 Å². The van der Waals surface area contributed by atoms with Crippen LogP contribution in [0.3, 0.4) is 0 Å². The van der Waals surface area contributed by atoms with Crippen molar-refractivity contribution in [2.24, 2.45) is 0 Å². The number of nitro benzene ring substituents is 1. The second kappa shape index (κ2) is 7.58. The number of nitrogens with zero attached hydrogens (tertiary/aromatic N) is 1. The topological polar surface area (TPSA) is 108 Å². The van der Waals surface area contributed by atoms with Crippen molar-refractivity contribution in [3.63, 3.8) is 0 Å². The number of esters is 1. The van der Waals surface area contributed by atoms with E-state index in [0.29, 0.717) is 0 Å². The highest BCUT2D eigenvalue weighted by Gasteiger charge is 2.19. The van der Waals surface area contributed by atoms with Gasteiger partial charge in [-0.1, -0.05) is 15.9 Å². The molecule has 0 aliphatic rings. The molecule has 21 heavy (non-hydrogen) atoms. The molecule has 0 spiro atoms. The van der Waals surface area contributed by atoms with E-state index in [4.69, 9.17) is 4.74 Å². The van der Waals surface area contributed by atoms with Gasteiger partial charge in [-0.25, -0.2) is 0 Å². The van der Waals surface area contributed by atoms with Crippen LogP contribution in [0.4, 0.5) is 5.69 Å². The maximum Gasteiger partial charge on any atom is 0.321 e. The first-order valence-corrected chi connectivity index (χ1v) is 6.64. The SMILES string of the molecule is COC(=O)C(Br)CNC(=O)c1ccc([N+](=O)[O-])c(OC)c1. The Morgan fingerprint density at radius 2 is 2.10 bits per heavy atom. The van der Waals surface area contributed by atoms with Gasteiger partial charge in [-0.05, 0) is 6.07 Å². The van der Waals surface area contributed by atoms with Crippen molar-refractivity contribution in [2.45, 2.75) is 4.83 Å². The highest BCUT2D eigenvalue weighted by molar-refractivity contribution is 9.10. The molecule has 0 saturated heterocycles. The maximum absolute atomic E-state index is 11.9. The van der Waals surface area contributed by atoms with Crippen LogP contribution in [0, 0.1) is 10.1 Å². The van der Waals surface area contributed by atoms with Crippen molar-refractivity contribution in [2.75, 3.05) is 20.8 Å². The monoisotopic (exact) mass is 360 g/mol. The number of amides is 1. The molecule has 0 aliphatic carbocycles. The summed E-state index contributed by atoms with van der Waals surface area (Å²) in [6.07, 6.45) is 0. The number of alkyl halides is 1. The first-order valence-electron chi connectivity index (χ1n) is 5.73. The van der Waals surface area contributed by atoms with Crippen LogP contribution < -0.4 is 10.1 Å². The van der Waals surface area contributed by atoms with Gasteiger partial charge in [-0.15, -0.1) is 0 Å². The molecule has 1 aromatic rings. The highest BCUT2D eigenvalue weighted by Crippen LogP contribution is 2.27. The predicted molar refractivity (Wildman–Crippen MR) is 76.7 cm³/mol. The van der Waals surface area contributed by atoms with Crippen LogP contribution in [0.15, 0.2) is 18.2 Å². The standard InChI is InChI=1S/C12H13BrN2O6/c1-20-10-5-7(3-4-9(10)15(18)19)11(16)14-6-8(13)12(17)21-2/h3-5,8H,6H2,1-2H3,(H,14,16). The van der Waals surface area contributed by atoms with Crippen LogP contribution in [0.25, 0.3) is 0 Å². The number of ether oxygens (including phenoxy) is 2. The number of carbonyl (C=O) groups is 2. The van der Waals surface area contributed by atoms with Crippen molar-refractivity contribution in [3.05, 3.63) is 33.9 Å². The van der Waals surface area contributed by atoms with E-state index in [1.54, 1.807) is 0 Å². The summed E-state index contributed by atoms with van der Waals surface area (Å²) < 4.78 is 9.37. The highest BCUT2D eigenvalue weighted by atomic mass is 79.9. The Morgan fingerprint density at radius 1 is 1.43 bits per heavy atom. The van der Waals surface area contributed by atoms with E-state index in [0.717, 1.165) is 0 Å². The number of nitrogens with one attached hydrogen (secondary N) is 1. The summed E-state index contributed by atoms with van der Waals surface area (Å²) in [4.78, 5) is 32.5. The lowest BCUT2D eigenvalue weighted by atomic mass is 10.1. The van der Waals surface area contributed by atoms with Gasteiger partial charge in [-0.3, -0.25) is 19.7 Å². The molecule has 1 amide bonds. The third-order valence-corrected chi connectivity index (χ3v) is 3.23. The predicted octanol–water partition coefficient (Wildman–Crippen LogP) is 1.27. The number of methoxy groups -OCH3 is 2. The first kappa shape index (κ1) is 16.9. The summed E-state index contributed by atoms with van der Waals surface area (Å²) in [6.45, 7) is 0.0187. The minimum Gasteiger partial charge on any atom is -0.490 e. The lowest BCUT2D eigenvalue weighted by Gasteiger charge is -2.10. The molecule has 1 unspecified atom stereocenters. The van der Waals surface area contributed by atoms with Crippen molar-refractivity contribution < 1.29 is 24.0 Å². The lowest BCUT2D eigenvalue weighted by molar-refractivity contribution is -0.385. The Morgan fingerprint density at radius 3 is 2.62 bits per heavy atom. The Hall–Kier alpha value is -2.16. The molecule has 1 atom stereocenters. The van der Waals surface area contributed by atoms with Crippen LogP contribution in [0.1, 0.15) is 10.4 Å². The van der Waals surface area contributed by atoms with Crippen molar-refractivity contribution in [1.29, 1.82) is 0 Å². The molecule has 0 aliphatic heterocycles. The summed E-state index contributed by atoms with van der Waals surface area (Å²) >= 11 is 3.06. The summed E-state index contributed by atoms with van der Waals surface area (Å²) in [5.41, 5.74) is -0.0519. The molecule has 0 fully saturated rings. The zero-order chi connectivity index (χ0) is 16.0. The van der Waals surface area contributed by atoms with Gasteiger partial charge in [0.2, 0.25) is 0 Å². The molecule has 1 N–H and O–H groups in total. The maximum atomic E-state index is 11.9. The second-order valence-electron chi connectivity index (χ2n) is 3.84. The number of hydrogen-bond acceptors (Lipinski definition) is 6. The number of nitro groups is 1. The smallest absolute Gasteiger partial charge is 0.321 e. The molecule has 114 valence electrons. The van der Waals surface area contributed by atoms with E-state index in [2.05, 4.69) is 26.0 Å². The van der Waals surface area contributed by atoms with E-state index in [9.17, 15) is 19.7 Å². The van der Waals surface area contributed by atoms with Gasteiger partial charge in [0.25, 0.3) is 5.91 Å². The van der Waals surface area contributed by atoms with E-state index < -0.39 is 21.6 Å². The van der Waals surface area contributed by atoms with E-state index in [1.807, 2.05) is 0 Å². The van der Waals surface area contributed by atoms with Crippen LogP contribution in [-0.2, 0) is 9.53 Å². The van der Waals surface area contributed by atoms with Gasteiger partial charge in [0.1, 0.15) is 4.83 Å². The van der Waals surface area contributed by atoms with Crippen LogP contribution >= 0.6 is 15.9 Å². The van der Waals surface area contributed by atoms with E-state index >= 15 is 0 Å². The third kappa shape index (κ3) is 4.42. The van der Waals surface area contributed by atoms with Gasteiger partial charge in [0, 0.05) is 24.2 Å². The normalized spacial score (nSPS) is 11.4. The van der Waals surface area contributed by atoms with Crippen molar-refractivity contribution >= 4 is 33.5 Å². The average Bonchev–Trinajstić information content (AvgIpc) is 2.50. The molecular formula is C12H13BrN2O6. The summed E-state index contributed by atoms with van der Waals surface area (Å²) in [6, 6.07) is 3.74. The number of rotatable bonds is 6. The van der Waals surface area contributed by atoms with E-state index in [1.165, 1.54) is 32.4 Å². The quantitative estimate of drug-likeness (QED) is 0.354. The molecule has 1 aromatic carbocycles. The van der Waals surface area contributed by atoms with Gasteiger partial charge < -0.3 is 14.8 Å². The molecular weight excluding hydrogens is 348 g/mol. The van der Waals surface area contributed by atoms with Gasteiger partial charge in [0.05, 0.1) is 19.1 Å². The van der Waals surface area contributed by atoms with Crippen LogP contribution in [-0.4, -0.2) is 42.4 Å². The fourth-order valence-corrected chi connectivity index (χ4v) is 1.81. The molecule has 1 rings (SSSR count). The lowest BCUT2D eigenvalue weighted by Crippen LogP contribution is -2.33. The molecule has 0 bridgehead atoms. The number of hydrogen-bond donors (Lipinski definition) is 1. The first-order chi connectivity index (χ1) is 9.90. The summed E-state index contributed by atoms with van der Waals surface area (Å²) in [5.74, 6) is -1.02. The minimum atomic E-state index is -0.675. The largest absolute Gasteiger partial charge is 0.490 e. The van der Waals surface area contributed by atoms with Gasteiger partial charge >= 0.3 is 11.7 Å². The average molecular weight is 361 g/mol. The second-order valence-corrected chi connectivity index (χ2v) is 4.95. The van der Waals surface area contributed by atoms with Gasteiger partial charge in [0.15, 0.2) is 5.75 Å². The van der Waals surface area contributed by atoms with Crippen molar-refractivity contribution in [3.8, 4) is 5.75 Å². The fourth-order valence-electron chi connectivity index (χ4n) is 1.47. The Labute approximate surface area is 128 Å². The fraction of sp³-hybridized carbons (Fsp3) is 0.333. The Kier molecular flexibility index (Phi) is 6.10. The summed E-state index contributed by atoms with van der Waals surface area (Å²) in [7, 11) is 2.51. The Balaban J connectivity index is 2.79. The third-order valence-electron chi connectivity index (χ3n) is 2.54. The molecule has 0 saturated carbocycles. The summed E-state index contributed by atoms with van der Waals surface area (Å²) in [5, 5.41) is 13.3. The molecule has 0 aromatic heterocycles. The molecule has 9 heteroatoms. The van der Waals surface area contributed by atoms with Crippen LogP contribution in [0.2, 0.25) is 0 Å². The van der Waals surface area contributed by atoms with E-state index in [-0.39, 0.29) is 23.5 Å². The number of carbonyl (C=O) groups excluding carboxylic acids is 2. The molecule has 8 nitrogen and oxygen atoms in total.